The Bertz CT molecular complexity index is 1330. The van der Waals surface area contributed by atoms with E-state index in [-0.39, 0.29) is 23.3 Å². The fourth-order valence-corrected chi connectivity index (χ4v) is 4.38. The number of carbonyl (C=O) groups excluding carboxylic acids is 1. The number of alkyl halides is 3. The topological polar surface area (TPSA) is 90.1 Å². The molecule has 0 bridgehead atoms. The van der Waals surface area contributed by atoms with Gasteiger partial charge in [0, 0.05) is 60.5 Å². The molecule has 1 amide bonds. The van der Waals surface area contributed by atoms with Crippen molar-refractivity contribution in [2.24, 2.45) is 0 Å². The molecule has 3 N–H and O–H groups in total. The summed E-state index contributed by atoms with van der Waals surface area (Å²) in [5.74, 6) is -1.65. The van der Waals surface area contributed by atoms with Gasteiger partial charge in [-0.1, -0.05) is 6.07 Å². The minimum atomic E-state index is -4.92. The second-order valence-electron chi connectivity index (χ2n) is 8.99. The number of anilines is 2. The van der Waals surface area contributed by atoms with E-state index in [4.69, 9.17) is 0 Å². The van der Waals surface area contributed by atoms with Gasteiger partial charge in [-0.25, -0.2) is 4.39 Å². The minimum absolute atomic E-state index is 0.0531. The summed E-state index contributed by atoms with van der Waals surface area (Å²) in [6, 6.07) is 6.48. The van der Waals surface area contributed by atoms with Crippen molar-refractivity contribution < 1.29 is 22.4 Å². The second kappa shape index (κ2) is 9.73. The standard InChI is InChI=1S/C25H25F4N5O2/c1-13-4-5-16(9-30-13)17-6-21(22(8-20(17)26)34-11-14(2)32-15(3)12-34)33-24(36)18-10-31-23(35)7-19(18)25(27,28)29/h4-10,14-15,32H,11-12H2,1-3H3,(H,31,35)(H,33,36)/t14-,15+. The lowest BCUT2D eigenvalue weighted by molar-refractivity contribution is -0.138. The number of aromatic amines is 1. The molecular formula is C25H25F4N5O2. The zero-order valence-electron chi connectivity index (χ0n) is 19.8. The molecule has 1 saturated heterocycles. The molecule has 3 aromatic rings. The van der Waals surface area contributed by atoms with Gasteiger partial charge in [0.05, 0.1) is 22.5 Å². The number of amides is 1. The minimum Gasteiger partial charge on any atom is -0.367 e. The highest BCUT2D eigenvalue weighted by Crippen LogP contribution is 2.36. The van der Waals surface area contributed by atoms with Gasteiger partial charge in [-0.3, -0.25) is 14.6 Å². The molecule has 1 aliphatic heterocycles. The zero-order valence-corrected chi connectivity index (χ0v) is 19.8. The monoisotopic (exact) mass is 503 g/mol. The number of benzene rings is 1. The number of nitrogens with one attached hydrogen (secondary N) is 3. The van der Waals surface area contributed by atoms with Gasteiger partial charge in [0.25, 0.3) is 5.91 Å². The van der Waals surface area contributed by atoms with Gasteiger partial charge in [0.2, 0.25) is 5.56 Å². The van der Waals surface area contributed by atoms with E-state index >= 15 is 4.39 Å². The first-order valence-electron chi connectivity index (χ1n) is 11.3. The predicted octanol–water partition coefficient (Wildman–Crippen LogP) is 4.34. The molecule has 0 saturated carbocycles. The lowest BCUT2D eigenvalue weighted by Gasteiger charge is -2.38. The van der Waals surface area contributed by atoms with Crippen LogP contribution in [0, 0.1) is 12.7 Å². The van der Waals surface area contributed by atoms with E-state index in [1.807, 2.05) is 18.7 Å². The van der Waals surface area contributed by atoms with Crippen LogP contribution in [0.3, 0.4) is 0 Å². The quantitative estimate of drug-likeness (QED) is 0.461. The number of halogens is 4. The number of nitrogens with zero attached hydrogens (tertiary/aromatic N) is 2. The van der Waals surface area contributed by atoms with Crippen LogP contribution in [0.15, 0.2) is 47.5 Å². The van der Waals surface area contributed by atoms with E-state index in [0.29, 0.717) is 30.4 Å². The summed E-state index contributed by atoms with van der Waals surface area (Å²) < 4.78 is 56.0. The molecule has 4 rings (SSSR count). The number of pyridine rings is 2. The van der Waals surface area contributed by atoms with Crippen LogP contribution >= 0.6 is 0 Å². The lowest BCUT2D eigenvalue weighted by atomic mass is 10.0. The van der Waals surface area contributed by atoms with Gasteiger partial charge in [0.1, 0.15) is 5.82 Å². The Hall–Kier alpha value is -3.73. The molecule has 11 heteroatoms. The number of rotatable bonds is 4. The van der Waals surface area contributed by atoms with Crippen LogP contribution in [0.5, 0.6) is 0 Å². The number of carbonyl (C=O) groups is 1. The van der Waals surface area contributed by atoms with E-state index in [2.05, 4.69) is 20.6 Å². The van der Waals surface area contributed by atoms with Gasteiger partial charge in [0.15, 0.2) is 0 Å². The second-order valence-corrected chi connectivity index (χ2v) is 8.99. The smallest absolute Gasteiger partial charge is 0.367 e. The van der Waals surface area contributed by atoms with Crippen molar-refractivity contribution in [3.63, 3.8) is 0 Å². The molecule has 1 aliphatic rings. The maximum Gasteiger partial charge on any atom is 0.417 e. The molecule has 0 radical (unpaired) electrons. The largest absolute Gasteiger partial charge is 0.417 e. The molecule has 2 aromatic heterocycles. The molecule has 0 spiro atoms. The first-order valence-corrected chi connectivity index (χ1v) is 11.3. The molecule has 2 atom stereocenters. The van der Waals surface area contributed by atoms with Crippen molar-refractivity contribution in [3.05, 3.63) is 75.7 Å². The fourth-order valence-electron chi connectivity index (χ4n) is 4.38. The SMILES string of the molecule is Cc1ccc(-c2cc(NC(=O)c3c[nH]c(=O)cc3C(F)(F)F)c(N3C[C@@H](C)N[C@@H](C)C3)cc2F)cn1. The average Bonchev–Trinajstić information content (AvgIpc) is 2.79. The zero-order chi connectivity index (χ0) is 26.2. The molecule has 3 heterocycles. The first-order chi connectivity index (χ1) is 16.9. The van der Waals surface area contributed by atoms with Crippen molar-refractivity contribution in [1.82, 2.24) is 15.3 Å². The van der Waals surface area contributed by atoms with Crippen molar-refractivity contribution >= 4 is 17.3 Å². The Morgan fingerprint density at radius 1 is 1.14 bits per heavy atom. The molecule has 1 aromatic carbocycles. The molecular weight excluding hydrogens is 478 g/mol. The molecule has 7 nitrogen and oxygen atoms in total. The number of piperazine rings is 1. The van der Waals surface area contributed by atoms with E-state index in [9.17, 15) is 22.8 Å². The molecule has 0 aliphatic carbocycles. The Morgan fingerprint density at radius 2 is 1.83 bits per heavy atom. The van der Waals surface area contributed by atoms with Crippen LogP contribution in [0.4, 0.5) is 28.9 Å². The third kappa shape index (κ3) is 5.40. The van der Waals surface area contributed by atoms with E-state index < -0.39 is 34.6 Å². The van der Waals surface area contributed by atoms with Gasteiger partial charge in [-0.15, -0.1) is 0 Å². The Balaban J connectivity index is 1.81. The summed E-state index contributed by atoms with van der Waals surface area (Å²) in [4.78, 5) is 32.7. The highest BCUT2D eigenvalue weighted by Gasteiger charge is 2.36. The van der Waals surface area contributed by atoms with Crippen LogP contribution in [0.25, 0.3) is 11.1 Å². The highest BCUT2D eigenvalue weighted by molar-refractivity contribution is 6.07. The van der Waals surface area contributed by atoms with Crippen LogP contribution in [0.1, 0.15) is 35.5 Å². The number of aryl methyl sites for hydroxylation is 1. The summed E-state index contributed by atoms with van der Waals surface area (Å²) in [5, 5.41) is 5.89. The molecule has 0 unspecified atom stereocenters. The third-order valence-corrected chi connectivity index (χ3v) is 5.93. The van der Waals surface area contributed by atoms with Gasteiger partial charge < -0.3 is 20.5 Å². The van der Waals surface area contributed by atoms with E-state index in [1.54, 1.807) is 19.1 Å². The molecule has 1 fully saturated rings. The van der Waals surface area contributed by atoms with Gasteiger partial charge >= 0.3 is 6.18 Å². The van der Waals surface area contributed by atoms with Gasteiger partial charge in [-0.05, 0) is 39.0 Å². The maximum atomic E-state index is 15.3. The Morgan fingerprint density at radius 3 is 2.44 bits per heavy atom. The Labute approximate surface area is 204 Å². The highest BCUT2D eigenvalue weighted by atomic mass is 19.4. The summed E-state index contributed by atoms with van der Waals surface area (Å²) >= 11 is 0. The number of hydrogen-bond donors (Lipinski definition) is 3. The normalized spacial score (nSPS) is 18.2. The summed E-state index contributed by atoms with van der Waals surface area (Å²) in [6.07, 6.45) is -2.71. The fraction of sp³-hybridized carbons (Fsp3) is 0.320. The van der Waals surface area contributed by atoms with E-state index in [0.717, 1.165) is 11.9 Å². The van der Waals surface area contributed by atoms with Crippen LogP contribution in [-0.4, -0.2) is 41.0 Å². The average molecular weight is 504 g/mol. The Kier molecular flexibility index (Phi) is 6.85. The first kappa shape index (κ1) is 25.4. The van der Waals surface area contributed by atoms with Crippen molar-refractivity contribution in [2.45, 2.75) is 39.0 Å². The summed E-state index contributed by atoms with van der Waals surface area (Å²) in [5.41, 5.74) is -1.32. The number of aromatic nitrogens is 2. The van der Waals surface area contributed by atoms with Gasteiger partial charge in [-0.2, -0.15) is 13.2 Å². The summed E-state index contributed by atoms with van der Waals surface area (Å²) in [6.45, 7) is 6.68. The van der Waals surface area contributed by atoms with Crippen LogP contribution < -0.4 is 21.1 Å². The van der Waals surface area contributed by atoms with Crippen LogP contribution in [-0.2, 0) is 6.18 Å². The number of H-pyrrole nitrogens is 1. The third-order valence-electron chi connectivity index (χ3n) is 5.93. The van der Waals surface area contributed by atoms with Crippen molar-refractivity contribution in [3.8, 4) is 11.1 Å². The summed E-state index contributed by atoms with van der Waals surface area (Å²) in [7, 11) is 0. The predicted molar refractivity (Wildman–Crippen MR) is 129 cm³/mol. The van der Waals surface area contributed by atoms with Crippen molar-refractivity contribution in [2.75, 3.05) is 23.3 Å². The van der Waals surface area contributed by atoms with Crippen molar-refractivity contribution in [1.29, 1.82) is 0 Å². The van der Waals surface area contributed by atoms with Crippen LogP contribution in [0.2, 0.25) is 0 Å². The lowest BCUT2D eigenvalue weighted by Crippen LogP contribution is -2.54. The molecule has 190 valence electrons. The maximum absolute atomic E-state index is 15.3. The molecule has 36 heavy (non-hydrogen) atoms. The van der Waals surface area contributed by atoms with E-state index in [1.165, 1.54) is 18.3 Å². The number of hydrogen-bond acceptors (Lipinski definition) is 5.